The summed E-state index contributed by atoms with van der Waals surface area (Å²) in [6.07, 6.45) is 1.81. The van der Waals surface area contributed by atoms with Gasteiger partial charge in [0, 0.05) is 19.3 Å². The molecule has 0 atom stereocenters. The van der Waals surface area contributed by atoms with Gasteiger partial charge in [-0.05, 0) is 32.0 Å². The van der Waals surface area contributed by atoms with E-state index in [0.29, 0.717) is 25.4 Å². The van der Waals surface area contributed by atoms with Crippen molar-refractivity contribution in [3.63, 3.8) is 0 Å². The standard InChI is InChI=1S/C16H19N3O2/c1-16(2)12-18(10-11-21-16)15(20)14-8-9-19(17-14)13-6-4-3-5-7-13/h3-9H,10-12H2,1-2H3. The minimum atomic E-state index is -0.296. The fraction of sp³-hybridized carbons (Fsp3) is 0.375. The molecule has 1 aliphatic rings. The van der Waals surface area contributed by atoms with E-state index in [2.05, 4.69) is 5.10 Å². The zero-order valence-corrected chi connectivity index (χ0v) is 12.3. The average Bonchev–Trinajstić information content (AvgIpc) is 2.96. The van der Waals surface area contributed by atoms with Crippen LogP contribution < -0.4 is 0 Å². The number of benzene rings is 1. The summed E-state index contributed by atoms with van der Waals surface area (Å²) in [6.45, 7) is 5.76. The Morgan fingerprint density at radius 1 is 1.24 bits per heavy atom. The van der Waals surface area contributed by atoms with E-state index in [4.69, 9.17) is 4.74 Å². The van der Waals surface area contributed by atoms with Gasteiger partial charge in [-0.2, -0.15) is 5.10 Å². The third-order valence-electron chi connectivity index (χ3n) is 3.54. The molecule has 0 spiro atoms. The van der Waals surface area contributed by atoms with Crippen LogP contribution >= 0.6 is 0 Å². The topological polar surface area (TPSA) is 47.4 Å². The molecule has 0 N–H and O–H groups in total. The summed E-state index contributed by atoms with van der Waals surface area (Å²) in [5.74, 6) is -0.0407. The van der Waals surface area contributed by atoms with Gasteiger partial charge in [-0.1, -0.05) is 18.2 Å². The van der Waals surface area contributed by atoms with Crippen LogP contribution in [0.2, 0.25) is 0 Å². The lowest BCUT2D eigenvalue weighted by Crippen LogP contribution is -2.50. The number of rotatable bonds is 2. The monoisotopic (exact) mass is 285 g/mol. The maximum Gasteiger partial charge on any atom is 0.274 e. The van der Waals surface area contributed by atoms with Gasteiger partial charge in [0.25, 0.3) is 5.91 Å². The van der Waals surface area contributed by atoms with Gasteiger partial charge >= 0.3 is 0 Å². The number of carbonyl (C=O) groups is 1. The number of hydrogen-bond acceptors (Lipinski definition) is 3. The molecule has 2 aromatic rings. The minimum absolute atomic E-state index is 0.0407. The molecular formula is C16H19N3O2. The van der Waals surface area contributed by atoms with E-state index >= 15 is 0 Å². The van der Waals surface area contributed by atoms with Crippen LogP contribution in [0.5, 0.6) is 0 Å². The first-order valence-corrected chi connectivity index (χ1v) is 7.09. The Morgan fingerprint density at radius 2 is 2.00 bits per heavy atom. The van der Waals surface area contributed by atoms with Crippen molar-refractivity contribution < 1.29 is 9.53 Å². The maximum absolute atomic E-state index is 12.5. The second kappa shape index (κ2) is 5.33. The fourth-order valence-electron chi connectivity index (χ4n) is 2.51. The van der Waals surface area contributed by atoms with Crippen LogP contribution in [0.1, 0.15) is 24.3 Å². The number of aromatic nitrogens is 2. The van der Waals surface area contributed by atoms with Crippen LogP contribution in [-0.2, 0) is 4.74 Å². The third kappa shape index (κ3) is 2.97. The number of carbonyl (C=O) groups excluding carboxylic acids is 1. The first-order valence-electron chi connectivity index (χ1n) is 7.09. The molecule has 0 bridgehead atoms. The predicted molar refractivity (Wildman–Crippen MR) is 79.5 cm³/mol. The molecule has 1 saturated heterocycles. The third-order valence-corrected chi connectivity index (χ3v) is 3.54. The summed E-state index contributed by atoms with van der Waals surface area (Å²) in [5, 5.41) is 4.39. The average molecular weight is 285 g/mol. The first-order chi connectivity index (χ1) is 10.1. The van der Waals surface area contributed by atoms with Crippen molar-refractivity contribution in [1.82, 2.24) is 14.7 Å². The van der Waals surface area contributed by atoms with Crippen LogP contribution in [-0.4, -0.2) is 45.9 Å². The van der Waals surface area contributed by atoms with E-state index in [1.807, 2.05) is 50.4 Å². The molecule has 110 valence electrons. The summed E-state index contributed by atoms with van der Waals surface area (Å²) in [6, 6.07) is 11.5. The summed E-state index contributed by atoms with van der Waals surface area (Å²) >= 11 is 0. The summed E-state index contributed by atoms with van der Waals surface area (Å²) in [4.78, 5) is 14.3. The second-order valence-corrected chi connectivity index (χ2v) is 5.82. The highest BCUT2D eigenvalue weighted by atomic mass is 16.5. The highest BCUT2D eigenvalue weighted by Gasteiger charge is 2.31. The van der Waals surface area contributed by atoms with Crippen molar-refractivity contribution in [2.24, 2.45) is 0 Å². The van der Waals surface area contributed by atoms with Crippen molar-refractivity contribution >= 4 is 5.91 Å². The van der Waals surface area contributed by atoms with E-state index < -0.39 is 0 Å². The zero-order chi connectivity index (χ0) is 14.9. The van der Waals surface area contributed by atoms with Crippen LogP contribution in [0.15, 0.2) is 42.6 Å². The molecule has 0 radical (unpaired) electrons. The maximum atomic E-state index is 12.5. The van der Waals surface area contributed by atoms with Crippen molar-refractivity contribution in [2.75, 3.05) is 19.7 Å². The van der Waals surface area contributed by atoms with E-state index in [0.717, 1.165) is 5.69 Å². The molecule has 0 saturated carbocycles. The van der Waals surface area contributed by atoms with Gasteiger partial charge in [0.05, 0.1) is 17.9 Å². The Hall–Kier alpha value is -2.14. The zero-order valence-electron chi connectivity index (χ0n) is 12.3. The molecule has 21 heavy (non-hydrogen) atoms. The first kappa shape index (κ1) is 13.8. The Bertz CT molecular complexity index is 634. The van der Waals surface area contributed by atoms with E-state index in [1.165, 1.54) is 0 Å². The van der Waals surface area contributed by atoms with Crippen molar-refractivity contribution in [1.29, 1.82) is 0 Å². The summed E-state index contributed by atoms with van der Waals surface area (Å²) in [7, 11) is 0. The van der Waals surface area contributed by atoms with Crippen LogP contribution in [0.4, 0.5) is 0 Å². The predicted octanol–water partition coefficient (Wildman–Crippen LogP) is 2.12. The van der Waals surface area contributed by atoms with Gasteiger partial charge in [0.2, 0.25) is 0 Å². The number of amides is 1. The quantitative estimate of drug-likeness (QED) is 0.849. The van der Waals surface area contributed by atoms with E-state index in [-0.39, 0.29) is 11.5 Å². The van der Waals surface area contributed by atoms with Crippen molar-refractivity contribution in [2.45, 2.75) is 19.4 Å². The molecule has 5 nitrogen and oxygen atoms in total. The van der Waals surface area contributed by atoms with Gasteiger partial charge in [0.1, 0.15) is 0 Å². The molecule has 1 amide bonds. The van der Waals surface area contributed by atoms with Gasteiger partial charge < -0.3 is 9.64 Å². The molecule has 0 aliphatic carbocycles. The summed E-state index contributed by atoms with van der Waals surface area (Å²) < 4.78 is 7.36. The van der Waals surface area contributed by atoms with Gasteiger partial charge in [-0.15, -0.1) is 0 Å². The van der Waals surface area contributed by atoms with Crippen molar-refractivity contribution in [3.05, 3.63) is 48.3 Å². The molecule has 1 fully saturated rings. The van der Waals surface area contributed by atoms with Crippen LogP contribution in [0.3, 0.4) is 0 Å². The number of para-hydroxylation sites is 1. The Balaban J connectivity index is 1.78. The van der Waals surface area contributed by atoms with E-state index in [9.17, 15) is 4.79 Å². The minimum Gasteiger partial charge on any atom is -0.372 e. The highest BCUT2D eigenvalue weighted by molar-refractivity contribution is 5.92. The molecular weight excluding hydrogens is 266 g/mol. The molecule has 0 unspecified atom stereocenters. The largest absolute Gasteiger partial charge is 0.372 e. The Labute approximate surface area is 124 Å². The number of nitrogens with zero attached hydrogens (tertiary/aromatic N) is 3. The smallest absolute Gasteiger partial charge is 0.274 e. The molecule has 1 aliphatic heterocycles. The molecule has 5 heteroatoms. The lowest BCUT2D eigenvalue weighted by Gasteiger charge is -2.37. The van der Waals surface area contributed by atoms with Gasteiger partial charge in [-0.3, -0.25) is 4.79 Å². The molecule has 1 aromatic carbocycles. The van der Waals surface area contributed by atoms with Crippen molar-refractivity contribution in [3.8, 4) is 5.69 Å². The Kier molecular flexibility index (Phi) is 3.51. The highest BCUT2D eigenvalue weighted by Crippen LogP contribution is 2.18. The lowest BCUT2D eigenvalue weighted by atomic mass is 10.1. The lowest BCUT2D eigenvalue weighted by molar-refractivity contribution is -0.0765. The molecule has 1 aromatic heterocycles. The number of morpholine rings is 1. The molecule has 2 heterocycles. The number of ether oxygens (including phenoxy) is 1. The fourth-order valence-corrected chi connectivity index (χ4v) is 2.51. The SMILES string of the molecule is CC1(C)CN(C(=O)c2ccn(-c3ccccc3)n2)CCO1. The van der Waals surface area contributed by atoms with Crippen LogP contribution in [0, 0.1) is 0 Å². The van der Waals surface area contributed by atoms with E-state index in [1.54, 1.807) is 15.6 Å². The summed E-state index contributed by atoms with van der Waals surface area (Å²) in [5.41, 5.74) is 1.12. The van der Waals surface area contributed by atoms with Gasteiger partial charge in [0.15, 0.2) is 5.69 Å². The number of hydrogen-bond donors (Lipinski definition) is 0. The van der Waals surface area contributed by atoms with Crippen LogP contribution in [0.25, 0.3) is 5.69 Å². The van der Waals surface area contributed by atoms with Gasteiger partial charge in [-0.25, -0.2) is 4.68 Å². The second-order valence-electron chi connectivity index (χ2n) is 5.82. The molecule has 3 rings (SSSR count). The normalized spacial score (nSPS) is 17.7. The Morgan fingerprint density at radius 3 is 2.71 bits per heavy atom.